The first-order chi connectivity index (χ1) is 9.88. The predicted octanol–water partition coefficient (Wildman–Crippen LogP) is 3.04. The quantitative estimate of drug-likeness (QED) is 0.602. The number of hydrogen-bond donors (Lipinski definition) is 3. The Morgan fingerprint density at radius 2 is 1.71 bits per heavy atom. The maximum Gasteiger partial charge on any atom is 0.416 e. The lowest BCUT2D eigenvalue weighted by Gasteiger charge is -2.12. The summed E-state index contributed by atoms with van der Waals surface area (Å²) in [7, 11) is 0. The maximum absolute atomic E-state index is 12.6. The summed E-state index contributed by atoms with van der Waals surface area (Å²) in [6.45, 7) is 0. The monoisotopic (exact) mass is 295 g/mol. The zero-order valence-corrected chi connectivity index (χ0v) is 10.7. The summed E-state index contributed by atoms with van der Waals surface area (Å²) in [5.41, 5.74) is 9.83. The highest BCUT2D eigenvalue weighted by Crippen LogP contribution is 2.31. The molecule has 0 fully saturated rings. The molecule has 0 saturated heterocycles. The van der Waals surface area contributed by atoms with Crippen molar-refractivity contribution in [2.75, 3.05) is 11.2 Å². The Morgan fingerprint density at radius 3 is 2.33 bits per heavy atom. The third-order valence-electron chi connectivity index (χ3n) is 2.72. The molecule has 2 aromatic carbocycles. The number of alkyl halides is 3. The van der Waals surface area contributed by atoms with Crippen molar-refractivity contribution < 1.29 is 18.0 Å². The molecule has 4 N–H and O–H groups in total. The Bertz CT molecular complexity index is 642. The number of nitrogen functional groups attached to an aromatic ring is 1. The number of nitrogens with two attached hydrogens (primary N) is 1. The molecule has 7 heteroatoms. The third-order valence-corrected chi connectivity index (χ3v) is 2.72. The number of rotatable bonds is 3. The van der Waals surface area contributed by atoms with Crippen LogP contribution in [0.2, 0.25) is 0 Å². The molecule has 0 bridgehead atoms. The molecule has 1 amide bonds. The van der Waals surface area contributed by atoms with Gasteiger partial charge in [0, 0.05) is 5.69 Å². The summed E-state index contributed by atoms with van der Waals surface area (Å²) < 4.78 is 37.9. The van der Waals surface area contributed by atoms with E-state index in [1.165, 1.54) is 0 Å². The van der Waals surface area contributed by atoms with Crippen LogP contribution in [0.5, 0.6) is 0 Å². The number of anilines is 2. The van der Waals surface area contributed by atoms with Gasteiger partial charge in [-0.1, -0.05) is 18.2 Å². The lowest BCUT2D eigenvalue weighted by Crippen LogP contribution is -2.30. The number of carbonyl (C=O) groups excluding carboxylic acids is 1. The van der Waals surface area contributed by atoms with E-state index in [2.05, 4.69) is 10.9 Å². The van der Waals surface area contributed by atoms with E-state index in [1.54, 1.807) is 30.3 Å². The number of carbonyl (C=O) groups is 1. The SMILES string of the molecule is Nc1ccc(C(F)(F)F)cc1C(=O)NNc1ccccc1. The number of hydrogen-bond acceptors (Lipinski definition) is 3. The van der Waals surface area contributed by atoms with Crippen molar-refractivity contribution in [1.82, 2.24) is 5.43 Å². The normalized spacial score (nSPS) is 11.0. The Hall–Kier alpha value is -2.70. The van der Waals surface area contributed by atoms with Gasteiger partial charge in [0.05, 0.1) is 16.8 Å². The lowest BCUT2D eigenvalue weighted by atomic mass is 10.1. The molecule has 0 spiro atoms. The standard InChI is InChI=1S/C14H12F3N3O/c15-14(16,17)9-6-7-12(18)11(8-9)13(21)20-19-10-4-2-1-3-5-10/h1-8,19H,18H2,(H,20,21). The Kier molecular flexibility index (Phi) is 4.02. The minimum atomic E-state index is -4.53. The highest BCUT2D eigenvalue weighted by Gasteiger charge is 2.31. The smallest absolute Gasteiger partial charge is 0.398 e. The molecular weight excluding hydrogens is 283 g/mol. The van der Waals surface area contributed by atoms with Gasteiger partial charge in [0.15, 0.2) is 0 Å². The van der Waals surface area contributed by atoms with Gasteiger partial charge in [-0.15, -0.1) is 0 Å². The highest BCUT2D eigenvalue weighted by atomic mass is 19.4. The first kappa shape index (κ1) is 14.7. The van der Waals surface area contributed by atoms with E-state index >= 15 is 0 Å². The molecule has 0 aromatic heterocycles. The van der Waals surface area contributed by atoms with E-state index in [4.69, 9.17) is 5.73 Å². The van der Waals surface area contributed by atoms with Gasteiger partial charge in [-0.05, 0) is 30.3 Å². The Balaban J connectivity index is 2.15. The summed E-state index contributed by atoms with van der Waals surface area (Å²) in [5.74, 6) is -0.748. The number of para-hydroxylation sites is 1. The van der Waals surface area contributed by atoms with Gasteiger partial charge < -0.3 is 5.73 Å². The average molecular weight is 295 g/mol. The molecular formula is C14H12F3N3O. The second-order valence-corrected chi connectivity index (χ2v) is 4.24. The van der Waals surface area contributed by atoms with E-state index in [0.717, 1.165) is 18.2 Å². The van der Waals surface area contributed by atoms with Crippen molar-refractivity contribution in [1.29, 1.82) is 0 Å². The molecule has 2 aromatic rings. The second kappa shape index (κ2) is 5.74. The summed E-state index contributed by atoms with van der Waals surface area (Å²) in [6.07, 6.45) is -4.53. The Labute approximate surface area is 118 Å². The fourth-order valence-electron chi connectivity index (χ4n) is 1.65. The Morgan fingerprint density at radius 1 is 1.05 bits per heavy atom. The number of benzene rings is 2. The van der Waals surface area contributed by atoms with Crippen LogP contribution in [0.1, 0.15) is 15.9 Å². The van der Waals surface area contributed by atoms with Gasteiger partial charge in [0.1, 0.15) is 0 Å². The summed E-state index contributed by atoms with van der Waals surface area (Å²) in [6, 6.07) is 11.3. The van der Waals surface area contributed by atoms with Crippen LogP contribution >= 0.6 is 0 Å². The molecule has 0 aliphatic rings. The van der Waals surface area contributed by atoms with Gasteiger partial charge in [-0.2, -0.15) is 13.2 Å². The summed E-state index contributed by atoms with van der Waals surface area (Å²) >= 11 is 0. The maximum atomic E-state index is 12.6. The molecule has 21 heavy (non-hydrogen) atoms. The van der Waals surface area contributed by atoms with Crippen LogP contribution in [0.4, 0.5) is 24.5 Å². The highest BCUT2D eigenvalue weighted by molar-refractivity contribution is 5.99. The molecule has 0 atom stereocenters. The van der Waals surface area contributed by atoms with E-state index in [0.29, 0.717) is 5.69 Å². The van der Waals surface area contributed by atoms with Gasteiger partial charge in [-0.25, -0.2) is 0 Å². The van der Waals surface area contributed by atoms with Gasteiger partial charge in [0.25, 0.3) is 5.91 Å². The molecule has 0 saturated carbocycles. The summed E-state index contributed by atoms with van der Waals surface area (Å²) in [5, 5.41) is 0. The van der Waals surface area contributed by atoms with E-state index in [-0.39, 0.29) is 11.3 Å². The van der Waals surface area contributed by atoms with E-state index in [1.807, 2.05) is 0 Å². The van der Waals surface area contributed by atoms with Crippen molar-refractivity contribution in [2.45, 2.75) is 6.18 Å². The van der Waals surface area contributed by atoms with Gasteiger partial charge in [0.2, 0.25) is 0 Å². The van der Waals surface area contributed by atoms with Crippen LogP contribution < -0.4 is 16.6 Å². The molecule has 0 aliphatic carbocycles. The van der Waals surface area contributed by atoms with Crippen molar-refractivity contribution in [3.05, 3.63) is 59.7 Å². The van der Waals surface area contributed by atoms with Gasteiger partial charge >= 0.3 is 6.18 Å². The first-order valence-electron chi connectivity index (χ1n) is 5.96. The minimum Gasteiger partial charge on any atom is -0.398 e. The number of hydrazine groups is 1. The van der Waals surface area contributed by atoms with Crippen molar-refractivity contribution in [3.8, 4) is 0 Å². The number of amides is 1. The van der Waals surface area contributed by atoms with Crippen LogP contribution in [0.25, 0.3) is 0 Å². The molecule has 4 nitrogen and oxygen atoms in total. The fraction of sp³-hybridized carbons (Fsp3) is 0.0714. The van der Waals surface area contributed by atoms with Crippen LogP contribution in [0.3, 0.4) is 0 Å². The van der Waals surface area contributed by atoms with Crippen LogP contribution in [-0.4, -0.2) is 5.91 Å². The summed E-state index contributed by atoms with van der Waals surface area (Å²) in [4.78, 5) is 11.9. The van der Waals surface area contributed by atoms with Crippen LogP contribution in [0, 0.1) is 0 Å². The first-order valence-corrected chi connectivity index (χ1v) is 5.96. The molecule has 0 aliphatic heterocycles. The van der Waals surface area contributed by atoms with E-state index in [9.17, 15) is 18.0 Å². The molecule has 0 heterocycles. The second-order valence-electron chi connectivity index (χ2n) is 4.24. The van der Waals surface area contributed by atoms with Crippen molar-refractivity contribution in [2.24, 2.45) is 0 Å². The van der Waals surface area contributed by atoms with Gasteiger partial charge in [-0.3, -0.25) is 15.6 Å². The predicted molar refractivity (Wildman–Crippen MR) is 73.4 cm³/mol. The zero-order valence-electron chi connectivity index (χ0n) is 10.7. The topological polar surface area (TPSA) is 67.2 Å². The van der Waals surface area contributed by atoms with Crippen molar-refractivity contribution >= 4 is 17.3 Å². The number of halogens is 3. The fourth-order valence-corrected chi connectivity index (χ4v) is 1.65. The molecule has 0 unspecified atom stereocenters. The zero-order chi connectivity index (χ0) is 15.5. The third kappa shape index (κ3) is 3.65. The minimum absolute atomic E-state index is 0.0321. The largest absolute Gasteiger partial charge is 0.416 e. The van der Waals surface area contributed by atoms with Crippen LogP contribution in [0.15, 0.2) is 48.5 Å². The molecule has 2 rings (SSSR count). The lowest BCUT2D eigenvalue weighted by molar-refractivity contribution is -0.137. The number of nitrogens with one attached hydrogen (secondary N) is 2. The van der Waals surface area contributed by atoms with Crippen molar-refractivity contribution in [3.63, 3.8) is 0 Å². The average Bonchev–Trinajstić information content (AvgIpc) is 2.45. The molecule has 110 valence electrons. The molecule has 0 radical (unpaired) electrons. The van der Waals surface area contributed by atoms with E-state index < -0.39 is 17.6 Å². The van der Waals surface area contributed by atoms with Crippen LogP contribution in [-0.2, 0) is 6.18 Å².